The molecule has 0 atom stereocenters. The van der Waals surface area contributed by atoms with Gasteiger partial charge in [0, 0.05) is 43.0 Å². The van der Waals surface area contributed by atoms with Crippen LogP contribution in [0.15, 0.2) is 41.8 Å². The van der Waals surface area contributed by atoms with E-state index in [1.54, 1.807) is 6.20 Å². The van der Waals surface area contributed by atoms with Crippen molar-refractivity contribution in [2.45, 2.75) is 37.8 Å². The molecule has 4 rings (SSSR count). The lowest BCUT2D eigenvalue weighted by molar-refractivity contribution is 0.0487. The molecule has 2 aliphatic rings. The molecule has 1 N–H and O–H groups in total. The van der Waals surface area contributed by atoms with Crippen molar-refractivity contribution in [2.24, 2.45) is 0 Å². The molecule has 1 aliphatic heterocycles. The average molecular weight is 344 g/mol. The molecular formula is C19H22ClN3O. The lowest BCUT2D eigenvalue weighted by Gasteiger charge is -2.38. The minimum Gasteiger partial charge on any atom is -0.381 e. The van der Waals surface area contributed by atoms with Gasteiger partial charge < -0.3 is 14.6 Å². The Kier molecular flexibility index (Phi) is 4.33. The molecule has 0 bridgehead atoms. The Balaban J connectivity index is 1.53. The van der Waals surface area contributed by atoms with Crippen molar-refractivity contribution in [2.75, 3.05) is 13.7 Å². The second kappa shape index (κ2) is 6.61. The van der Waals surface area contributed by atoms with Crippen molar-refractivity contribution < 1.29 is 4.74 Å². The summed E-state index contributed by atoms with van der Waals surface area (Å²) in [6.07, 6.45) is 13.1. The number of methoxy groups -OCH3 is 1. The molecule has 2 aromatic rings. The number of nitrogens with zero attached hydrogens (tertiary/aromatic N) is 2. The molecule has 1 aliphatic carbocycles. The molecule has 4 nitrogen and oxygen atoms in total. The predicted molar refractivity (Wildman–Crippen MR) is 97.8 cm³/mol. The fourth-order valence-electron chi connectivity index (χ4n) is 3.85. The zero-order valence-electron chi connectivity index (χ0n) is 13.8. The summed E-state index contributed by atoms with van der Waals surface area (Å²) in [6, 6.07) is 4.58. The van der Waals surface area contributed by atoms with Gasteiger partial charge in [-0.05, 0) is 49.5 Å². The van der Waals surface area contributed by atoms with E-state index in [9.17, 15) is 0 Å². The number of ether oxygens (including phenoxy) is 1. The van der Waals surface area contributed by atoms with Crippen molar-refractivity contribution in [3.8, 4) is 0 Å². The van der Waals surface area contributed by atoms with Gasteiger partial charge in [0.05, 0.1) is 6.10 Å². The Morgan fingerprint density at radius 1 is 1.29 bits per heavy atom. The molecular weight excluding hydrogens is 322 g/mol. The van der Waals surface area contributed by atoms with Crippen molar-refractivity contribution in [1.29, 1.82) is 0 Å². The lowest BCUT2D eigenvalue weighted by atomic mass is 9.91. The predicted octanol–water partition coefficient (Wildman–Crippen LogP) is 4.30. The summed E-state index contributed by atoms with van der Waals surface area (Å²) >= 11 is 6.64. The van der Waals surface area contributed by atoms with Crippen LogP contribution in [-0.2, 0) is 4.74 Å². The first-order valence-corrected chi connectivity index (χ1v) is 8.93. The number of hydrogen-bond donors (Lipinski definition) is 1. The number of rotatable bonds is 3. The first kappa shape index (κ1) is 15.7. The molecule has 0 saturated heterocycles. The normalized spacial score (nSPS) is 24.8. The second-order valence-corrected chi connectivity index (χ2v) is 6.93. The van der Waals surface area contributed by atoms with Gasteiger partial charge >= 0.3 is 0 Å². The van der Waals surface area contributed by atoms with Crippen molar-refractivity contribution in [1.82, 2.24) is 14.9 Å². The van der Waals surface area contributed by atoms with E-state index >= 15 is 0 Å². The highest BCUT2D eigenvalue weighted by Crippen LogP contribution is 2.34. The van der Waals surface area contributed by atoms with Crippen LogP contribution in [0.1, 0.15) is 31.2 Å². The van der Waals surface area contributed by atoms with E-state index in [0.717, 1.165) is 48.4 Å². The number of halogens is 1. The number of fused-ring (bicyclic) bond motifs is 1. The number of aromatic amines is 1. The number of pyridine rings is 1. The van der Waals surface area contributed by atoms with Crippen LogP contribution in [0.5, 0.6) is 0 Å². The molecule has 3 heterocycles. The van der Waals surface area contributed by atoms with E-state index in [0.29, 0.717) is 12.1 Å². The molecule has 0 radical (unpaired) electrons. The third-order valence-corrected chi connectivity index (χ3v) is 5.56. The Bertz CT molecular complexity index is 787. The summed E-state index contributed by atoms with van der Waals surface area (Å²) in [7, 11) is 1.81. The SMILES string of the molecule is COC1CCC(N2CC=C(c3c[nH]c4ncccc34)C=C2Cl)CC1. The first-order chi connectivity index (χ1) is 11.8. The van der Waals surface area contributed by atoms with E-state index in [4.69, 9.17) is 16.3 Å². The Labute approximate surface area is 147 Å². The van der Waals surface area contributed by atoms with Crippen molar-refractivity contribution >= 4 is 28.2 Å². The largest absolute Gasteiger partial charge is 0.381 e. The Morgan fingerprint density at radius 2 is 2.12 bits per heavy atom. The first-order valence-electron chi connectivity index (χ1n) is 8.55. The summed E-state index contributed by atoms with van der Waals surface area (Å²) in [6.45, 7) is 0.861. The molecule has 126 valence electrons. The van der Waals surface area contributed by atoms with Crippen LogP contribution in [-0.4, -0.2) is 40.7 Å². The summed E-state index contributed by atoms with van der Waals surface area (Å²) in [4.78, 5) is 9.92. The minimum atomic E-state index is 0.415. The fraction of sp³-hybridized carbons (Fsp3) is 0.421. The molecule has 0 amide bonds. The van der Waals surface area contributed by atoms with Crippen molar-refractivity contribution in [3.05, 3.63) is 47.4 Å². The van der Waals surface area contributed by atoms with Crippen LogP contribution in [0, 0.1) is 0 Å². The monoisotopic (exact) mass is 343 g/mol. The number of allylic oxidation sites excluding steroid dienone is 2. The van der Waals surface area contributed by atoms with Gasteiger partial charge in [-0.15, -0.1) is 0 Å². The molecule has 24 heavy (non-hydrogen) atoms. The summed E-state index contributed by atoms with van der Waals surface area (Å²) < 4.78 is 5.47. The molecule has 5 heteroatoms. The summed E-state index contributed by atoms with van der Waals surface area (Å²) in [5.74, 6) is 0. The number of H-pyrrole nitrogens is 1. The van der Waals surface area contributed by atoms with Crippen LogP contribution in [0.4, 0.5) is 0 Å². The van der Waals surface area contributed by atoms with Crippen LogP contribution < -0.4 is 0 Å². The quantitative estimate of drug-likeness (QED) is 0.845. The molecule has 2 aromatic heterocycles. The van der Waals surface area contributed by atoms with Crippen LogP contribution in [0.2, 0.25) is 0 Å². The van der Waals surface area contributed by atoms with Gasteiger partial charge in [-0.25, -0.2) is 4.98 Å². The Hall–Kier alpha value is -1.78. The van der Waals surface area contributed by atoms with E-state index in [-0.39, 0.29) is 0 Å². The molecule has 0 unspecified atom stereocenters. The van der Waals surface area contributed by atoms with Crippen LogP contribution in [0.3, 0.4) is 0 Å². The highest BCUT2D eigenvalue weighted by atomic mass is 35.5. The summed E-state index contributed by atoms with van der Waals surface area (Å²) in [5, 5.41) is 1.98. The van der Waals surface area contributed by atoms with Gasteiger partial charge in [-0.2, -0.15) is 0 Å². The third kappa shape index (κ3) is 2.85. The minimum absolute atomic E-state index is 0.415. The number of aromatic nitrogens is 2. The van der Waals surface area contributed by atoms with Gasteiger partial charge in [0.25, 0.3) is 0 Å². The number of nitrogens with one attached hydrogen (secondary N) is 1. The van der Waals surface area contributed by atoms with Crippen LogP contribution in [0.25, 0.3) is 16.6 Å². The average Bonchev–Trinajstić information content (AvgIpc) is 3.06. The Morgan fingerprint density at radius 3 is 2.88 bits per heavy atom. The van der Waals surface area contributed by atoms with E-state index < -0.39 is 0 Å². The third-order valence-electron chi connectivity index (χ3n) is 5.24. The topological polar surface area (TPSA) is 41.1 Å². The van der Waals surface area contributed by atoms with Gasteiger partial charge in [-0.3, -0.25) is 0 Å². The van der Waals surface area contributed by atoms with Gasteiger partial charge in [-0.1, -0.05) is 17.7 Å². The highest BCUT2D eigenvalue weighted by molar-refractivity contribution is 6.30. The molecule has 1 fully saturated rings. The standard InChI is InChI=1S/C19H22ClN3O/c1-24-15-6-4-14(5-7-15)23-10-8-13(11-18(23)20)17-12-22-19-16(17)3-2-9-21-19/h2-3,8-9,11-12,14-15H,4-7,10H2,1H3,(H,21,22). The second-order valence-electron chi connectivity index (χ2n) is 6.55. The number of hydrogen-bond acceptors (Lipinski definition) is 3. The maximum absolute atomic E-state index is 6.64. The summed E-state index contributed by atoms with van der Waals surface area (Å²) in [5.41, 5.74) is 3.25. The highest BCUT2D eigenvalue weighted by Gasteiger charge is 2.27. The van der Waals surface area contributed by atoms with Crippen LogP contribution >= 0.6 is 11.6 Å². The lowest BCUT2D eigenvalue weighted by Crippen LogP contribution is -2.38. The fourth-order valence-corrected chi connectivity index (χ4v) is 4.18. The maximum atomic E-state index is 6.64. The molecule has 0 aromatic carbocycles. The zero-order valence-corrected chi connectivity index (χ0v) is 14.6. The smallest absolute Gasteiger partial charge is 0.137 e. The zero-order chi connectivity index (χ0) is 16.5. The van der Waals surface area contributed by atoms with Crippen molar-refractivity contribution in [3.63, 3.8) is 0 Å². The molecule has 0 spiro atoms. The van der Waals surface area contributed by atoms with E-state index in [1.165, 1.54) is 11.1 Å². The van der Waals surface area contributed by atoms with Gasteiger partial charge in [0.2, 0.25) is 0 Å². The maximum Gasteiger partial charge on any atom is 0.137 e. The van der Waals surface area contributed by atoms with E-state index in [1.807, 2.05) is 19.4 Å². The van der Waals surface area contributed by atoms with Gasteiger partial charge in [0.15, 0.2) is 0 Å². The molecule has 1 saturated carbocycles. The van der Waals surface area contributed by atoms with Gasteiger partial charge in [0.1, 0.15) is 10.8 Å². The van der Waals surface area contributed by atoms with E-state index in [2.05, 4.69) is 33.1 Å².